The number of alkyl halides is 1. The third-order valence-corrected chi connectivity index (χ3v) is 7.57. The van der Waals surface area contributed by atoms with Crippen molar-refractivity contribution >= 4 is 12.1 Å². The summed E-state index contributed by atoms with van der Waals surface area (Å²) < 4.78 is 50.5. The van der Waals surface area contributed by atoms with Gasteiger partial charge in [-0.3, -0.25) is 9.69 Å². The molecule has 3 unspecified atom stereocenters. The predicted octanol–water partition coefficient (Wildman–Crippen LogP) is 4.34. The minimum absolute atomic E-state index is 0.218. The number of nitrogens with zero attached hydrogens (tertiary/aromatic N) is 4. The quantitative estimate of drug-likeness (QED) is 0.317. The van der Waals surface area contributed by atoms with Gasteiger partial charge in [-0.2, -0.15) is 4.39 Å². The fraction of sp³-hybridized carbons (Fsp3) is 0.483. The lowest BCUT2D eigenvalue weighted by Gasteiger charge is -2.39. The summed E-state index contributed by atoms with van der Waals surface area (Å²) in [5, 5.41) is 5.83. The average molecular weight is 557 g/mol. The zero-order chi connectivity index (χ0) is 28.2. The van der Waals surface area contributed by atoms with Crippen LogP contribution in [0.2, 0.25) is 0 Å². The molecule has 3 aliphatic rings. The Morgan fingerprint density at radius 1 is 1.10 bits per heavy atom. The van der Waals surface area contributed by atoms with Gasteiger partial charge in [-0.15, -0.1) is 0 Å². The van der Waals surface area contributed by atoms with Crippen LogP contribution in [-0.4, -0.2) is 76.4 Å². The van der Waals surface area contributed by atoms with Gasteiger partial charge in [0.15, 0.2) is 0 Å². The lowest BCUT2D eigenvalue weighted by molar-refractivity contribution is -0.109. The van der Waals surface area contributed by atoms with Crippen LogP contribution in [0.15, 0.2) is 36.9 Å². The van der Waals surface area contributed by atoms with Gasteiger partial charge >= 0.3 is 0 Å². The number of aryl methyl sites for hydroxylation is 2. The molecular formula is C29H35F3N6O2. The maximum atomic E-state index is 14.9. The van der Waals surface area contributed by atoms with E-state index in [9.17, 15) is 18.0 Å². The van der Waals surface area contributed by atoms with Crippen LogP contribution in [0.4, 0.5) is 18.9 Å². The smallest absolute Gasteiger partial charge is 0.222 e. The van der Waals surface area contributed by atoms with Crippen LogP contribution in [0.25, 0.3) is 16.9 Å². The van der Waals surface area contributed by atoms with Gasteiger partial charge in [-0.05, 0) is 68.9 Å². The van der Waals surface area contributed by atoms with Crippen LogP contribution in [0.1, 0.15) is 36.8 Å². The maximum Gasteiger partial charge on any atom is 0.222 e. The first-order chi connectivity index (χ1) is 19.3. The van der Waals surface area contributed by atoms with E-state index in [4.69, 9.17) is 4.74 Å². The van der Waals surface area contributed by atoms with Crippen molar-refractivity contribution in [1.82, 2.24) is 24.8 Å². The van der Waals surface area contributed by atoms with Gasteiger partial charge in [0.25, 0.3) is 0 Å². The van der Waals surface area contributed by atoms with Gasteiger partial charge in [-0.1, -0.05) is 0 Å². The van der Waals surface area contributed by atoms with E-state index in [1.54, 1.807) is 36.1 Å². The van der Waals surface area contributed by atoms with E-state index in [0.29, 0.717) is 36.0 Å². The van der Waals surface area contributed by atoms with Gasteiger partial charge in [0.2, 0.25) is 12.4 Å². The van der Waals surface area contributed by atoms with Crippen molar-refractivity contribution in [2.24, 2.45) is 0 Å². The summed E-state index contributed by atoms with van der Waals surface area (Å²) in [6, 6.07) is 4.96. The molecule has 4 heterocycles. The number of imidazole rings is 1. The van der Waals surface area contributed by atoms with Crippen LogP contribution < -0.4 is 10.6 Å². The number of halogens is 3. The molecule has 214 valence electrons. The number of pyridine rings is 1. The normalized spacial score (nSPS) is 22.6. The molecule has 1 aromatic carbocycles. The average Bonchev–Trinajstić information content (AvgIpc) is 3.60. The third kappa shape index (κ3) is 6.82. The summed E-state index contributed by atoms with van der Waals surface area (Å²) in [5.74, 6) is -0.932. The number of amides is 1. The second-order valence-corrected chi connectivity index (χ2v) is 10.8. The van der Waals surface area contributed by atoms with Crippen LogP contribution in [0, 0.1) is 25.6 Å². The minimum atomic E-state index is -1.05. The predicted molar refractivity (Wildman–Crippen MR) is 146 cm³/mol. The summed E-state index contributed by atoms with van der Waals surface area (Å²) in [4.78, 5) is 19.9. The number of benzene rings is 1. The van der Waals surface area contributed by atoms with E-state index in [1.165, 1.54) is 25.1 Å². The van der Waals surface area contributed by atoms with Crippen molar-refractivity contribution in [3.63, 3.8) is 0 Å². The first-order valence-corrected chi connectivity index (χ1v) is 13.7. The zero-order valence-electron chi connectivity index (χ0n) is 22.7. The first-order valence-electron chi connectivity index (χ1n) is 13.7. The van der Waals surface area contributed by atoms with Gasteiger partial charge in [0.05, 0.1) is 41.6 Å². The maximum absolute atomic E-state index is 14.9. The number of hydrogen-bond donors (Lipinski definition) is 2. The summed E-state index contributed by atoms with van der Waals surface area (Å²) in [5.41, 5.74) is 3.17. The molecule has 40 heavy (non-hydrogen) atoms. The SMILES string of the molecule is Cc1cc(-n2cnc(-c3cc(NC4CCN(CC5CCO5)CC4F)cnc3F)c2)c(C)cc1F.O=CNC1CC1. The van der Waals surface area contributed by atoms with Gasteiger partial charge in [-0.25, -0.2) is 18.7 Å². The highest BCUT2D eigenvalue weighted by Crippen LogP contribution is 2.28. The molecule has 6 rings (SSSR count). The van der Waals surface area contributed by atoms with Crippen LogP contribution >= 0.6 is 0 Å². The number of hydrogen-bond acceptors (Lipinski definition) is 6. The molecular weight excluding hydrogens is 521 g/mol. The molecule has 0 radical (unpaired) electrons. The monoisotopic (exact) mass is 556 g/mol. The Bertz CT molecular complexity index is 1330. The molecule has 8 nitrogen and oxygen atoms in total. The van der Waals surface area contributed by atoms with Crippen LogP contribution in [0.5, 0.6) is 0 Å². The molecule has 2 saturated heterocycles. The Kier molecular flexibility index (Phi) is 8.70. The minimum Gasteiger partial charge on any atom is -0.378 e. The van der Waals surface area contributed by atoms with E-state index in [-0.39, 0.29) is 23.5 Å². The zero-order valence-corrected chi connectivity index (χ0v) is 22.7. The van der Waals surface area contributed by atoms with Gasteiger partial charge in [0, 0.05) is 44.2 Å². The van der Waals surface area contributed by atoms with E-state index < -0.39 is 12.1 Å². The highest BCUT2D eigenvalue weighted by atomic mass is 19.1. The molecule has 3 atom stereocenters. The molecule has 2 aromatic heterocycles. The lowest BCUT2D eigenvalue weighted by Crippen LogP contribution is -2.51. The largest absolute Gasteiger partial charge is 0.378 e. The number of rotatable bonds is 8. The molecule has 0 bridgehead atoms. The number of nitrogens with one attached hydrogen (secondary N) is 2. The summed E-state index contributed by atoms with van der Waals surface area (Å²) >= 11 is 0. The number of ether oxygens (including phenoxy) is 1. The Labute approximate surface area is 231 Å². The van der Waals surface area contributed by atoms with E-state index in [1.807, 2.05) is 6.92 Å². The van der Waals surface area contributed by atoms with Crippen molar-refractivity contribution in [3.05, 3.63) is 59.8 Å². The second kappa shape index (κ2) is 12.4. The van der Waals surface area contributed by atoms with Crippen molar-refractivity contribution in [2.45, 2.75) is 63.9 Å². The Morgan fingerprint density at radius 2 is 1.90 bits per heavy atom. The first kappa shape index (κ1) is 28.1. The molecule has 3 fully saturated rings. The Hall–Kier alpha value is -3.44. The fourth-order valence-corrected chi connectivity index (χ4v) is 4.92. The van der Waals surface area contributed by atoms with Gasteiger partial charge < -0.3 is 19.9 Å². The number of aromatic nitrogens is 3. The fourth-order valence-electron chi connectivity index (χ4n) is 4.92. The Morgan fingerprint density at radius 3 is 2.55 bits per heavy atom. The molecule has 1 saturated carbocycles. The van der Waals surface area contributed by atoms with E-state index in [2.05, 4.69) is 25.5 Å². The molecule has 11 heteroatoms. The molecule has 1 aliphatic carbocycles. The van der Waals surface area contributed by atoms with Crippen LogP contribution in [0.3, 0.4) is 0 Å². The lowest BCUT2D eigenvalue weighted by atomic mass is 10.0. The van der Waals surface area contributed by atoms with Gasteiger partial charge in [0.1, 0.15) is 12.0 Å². The number of piperidine rings is 1. The number of carbonyl (C=O) groups is 1. The second-order valence-electron chi connectivity index (χ2n) is 10.8. The van der Waals surface area contributed by atoms with E-state index in [0.717, 1.165) is 43.8 Å². The van der Waals surface area contributed by atoms with Crippen molar-refractivity contribution < 1.29 is 22.7 Å². The standard InChI is InChI=1S/C25H28F3N5O.C4H7NO/c1-15-8-24(16(2)7-20(15)26)33-13-23(30-14-33)19-9-17(10-29-25(19)28)31-22-3-5-32(12-21(22)27)11-18-4-6-34-18;6-3-5-4-1-2-4/h7-10,13-14,18,21-22,31H,3-6,11-12H2,1-2H3;3-4H,1-2H2,(H,5,6). The number of carbonyl (C=O) groups excluding carboxylic acids is 1. The number of likely N-dealkylation sites (tertiary alicyclic amines) is 1. The topological polar surface area (TPSA) is 84.3 Å². The Balaban J connectivity index is 0.000000477. The summed E-state index contributed by atoms with van der Waals surface area (Å²) in [6.45, 7) is 6.19. The molecule has 1 amide bonds. The van der Waals surface area contributed by atoms with Crippen LogP contribution in [-0.2, 0) is 9.53 Å². The molecule has 2 N–H and O–H groups in total. The van der Waals surface area contributed by atoms with E-state index >= 15 is 0 Å². The third-order valence-electron chi connectivity index (χ3n) is 7.57. The number of anilines is 1. The van der Waals surface area contributed by atoms with Crippen molar-refractivity contribution in [1.29, 1.82) is 0 Å². The molecule has 0 spiro atoms. The summed E-state index contributed by atoms with van der Waals surface area (Å²) in [7, 11) is 0. The highest BCUT2D eigenvalue weighted by molar-refractivity contribution is 5.64. The van der Waals surface area contributed by atoms with Crippen molar-refractivity contribution in [3.8, 4) is 16.9 Å². The van der Waals surface area contributed by atoms with Crippen molar-refractivity contribution in [2.75, 3.05) is 31.6 Å². The molecule has 2 aliphatic heterocycles. The summed E-state index contributed by atoms with van der Waals surface area (Å²) in [6.07, 6.45) is 8.60. The molecule has 3 aromatic rings. The highest BCUT2D eigenvalue weighted by Gasteiger charge is 2.32.